The molecule has 7 nitrogen and oxygen atoms in total. The second-order valence-electron chi connectivity index (χ2n) is 4.19. The van der Waals surface area contributed by atoms with Gasteiger partial charge in [-0.3, -0.25) is 10.1 Å². The van der Waals surface area contributed by atoms with Gasteiger partial charge in [0.2, 0.25) is 5.82 Å². The first-order valence-electron chi connectivity index (χ1n) is 6.05. The highest BCUT2D eigenvalue weighted by molar-refractivity contribution is 7.08. The summed E-state index contributed by atoms with van der Waals surface area (Å²) in [6.07, 6.45) is 0. The standard InChI is InChI=1S/C13H8FN3O4S/c14-9-1-2-10(17(18)19)11(5-9)20-6-12-15-13(21-16-12)8-3-4-22-7-8/h1-5,7H,6H2. The molecule has 0 unspecified atom stereocenters. The smallest absolute Gasteiger partial charge is 0.311 e. The van der Waals surface area contributed by atoms with Crippen LogP contribution in [0.4, 0.5) is 10.1 Å². The van der Waals surface area contributed by atoms with E-state index in [2.05, 4.69) is 10.1 Å². The Morgan fingerprint density at radius 2 is 2.27 bits per heavy atom. The van der Waals surface area contributed by atoms with Crippen LogP contribution in [-0.2, 0) is 6.61 Å². The number of thiophene rings is 1. The van der Waals surface area contributed by atoms with Gasteiger partial charge in [-0.05, 0) is 17.5 Å². The van der Waals surface area contributed by atoms with Crippen LogP contribution in [0.2, 0.25) is 0 Å². The quantitative estimate of drug-likeness (QED) is 0.528. The molecule has 0 aliphatic rings. The van der Waals surface area contributed by atoms with E-state index in [-0.39, 0.29) is 23.9 Å². The molecule has 0 fully saturated rings. The van der Waals surface area contributed by atoms with Crippen molar-refractivity contribution >= 4 is 17.0 Å². The Balaban J connectivity index is 1.76. The highest BCUT2D eigenvalue weighted by Crippen LogP contribution is 2.28. The lowest BCUT2D eigenvalue weighted by Crippen LogP contribution is -2.01. The van der Waals surface area contributed by atoms with Crippen LogP contribution in [0.3, 0.4) is 0 Å². The van der Waals surface area contributed by atoms with E-state index < -0.39 is 10.7 Å². The van der Waals surface area contributed by atoms with Crippen molar-refractivity contribution in [2.75, 3.05) is 0 Å². The summed E-state index contributed by atoms with van der Waals surface area (Å²) in [6.45, 7) is -0.169. The summed E-state index contributed by atoms with van der Waals surface area (Å²) in [4.78, 5) is 14.3. The molecule has 0 saturated carbocycles. The first kappa shape index (κ1) is 14.1. The Bertz CT molecular complexity index is 803. The third-order valence-corrected chi connectivity index (χ3v) is 3.39. The lowest BCUT2D eigenvalue weighted by molar-refractivity contribution is -0.386. The Morgan fingerprint density at radius 3 is 3.00 bits per heavy atom. The van der Waals surface area contributed by atoms with Crippen LogP contribution < -0.4 is 4.74 Å². The number of halogens is 1. The van der Waals surface area contributed by atoms with Gasteiger partial charge in [0.05, 0.1) is 10.5 Å². The van der Waals surface area contributed by atoms with E-state index in [4.69, 9.17) is 9.26 Å². The fraction of sp³-hybridized carbons (Fsp3) is 0.0769. The van der Waals surface area contributed by atoms with Crippen LogP contribution in [0.1, 0.15) is 5.82 Å². The molecule has 0 radical (unpaired) electrons. The summed E-state index contributed by atoms with van der Waals surface area (Å²) in [5.41, 5.74) is 0.448. The average molecular weight is 321 g/mol. The zero-order chi connectivity index (χ0) is 15.5. The van der Waals surface area contributed by atoms with Crippen molar-refractivity contribution in [1.82, 2.24) is 10.1 Å². The van der Waals surface area contributed by atoms with Crippen LogP contribution in [-0.4, -0.2) is 15.1 Å². The monoisotopic (exact) mass is 321 g/mol. The Morgan fingerprint density at radius 1 is 1.41 bits per heavy atom. The van der Waals surface area contributed by atoms with Crippen molar-refractivity contribution in [3.63, 3.8) is 0 Å². The van der Waals surface area contributed by atoms with Gasteiger partial charge >= 0.3 is 5.69 Å². The number of ether oxygens (including phenoxy) is 1. The van der Waals surface area contributed by atoms with E-state index in [1.54, 1.807) is 0 Å². The fourth-order valence-electron chi connectivity index (χ4n) is 1.71. The number of hydrogen-bond acceptors (Lipinski definition) is 7. The molecule has 0 N–H and O–H groups in total. The molecule has 0 saturated heterocycles. The van der Waals surface area contributed by atoms with Gasteiger partial charge in [-0.2, -0.15) is 16.3 Å². The molecular weight excluding hydrogens is 313 g/mol. The molecule has 0 bridgehead atoms. The first-order valence-corrected chi connectivity index (χ1v) is 6.99. The second kappa shape index (κ2) is 5.90. The van der Waals surface area contributed by atoms with Gasteiger partial charge in [0, 0.05) is 17.5 Å². The predicted molar refractivity (Wildman–Crippen MR) is 75.0 cm³/mol. The topological polar surface area (TPSA) is 91.3 Å². The minimum absolute atomic E-state index is 0.169. The molecule has 0 spiro atoms. The molecular formula is C13H8FN3O4S. The molecule has 0 amide bonds. The molecule has 2 aromatic heterocycles. The molecule has 2 heterocycles. The third kappa shape index (κ3) is 2.93. The van der Waals surface area contributed by atoms with E-state index >= 15 is 0 Å². The normalized spacial score (nSPS) is 10.6. The minimum Gasteiger partial charge on any atom is -0.478 e. The number of rotatable bonds is 5. The lowest BCUT2D eigenvalue weighted by Gasteiger charge is -2.04. The molecule has 22 heavy (non-hydrogen) atoms. The van der Waals surface area contributed by atoms with Gasteiger partial charge in [0.1, 0.15) is 5.82 Å². The largest absolute Gasteiger partial charge is 0.478 e. The Kier molecular flexibility index (Phi) is 3.79. The Labute approximate surface area is 127 Å². The molecule has 3 rings (SSSR count). The van der Waals surface area contributed by atoms with Gasteiger partial charge in [-0.15, -0.1) is 0 Å². The van der Waals surface area contributed by atoms with Gasteiger partial charge in [-0.25, -0.2) is 4.39 Å². The van der Waals surface area contributed by atoms with E-state index in [0.29, 0.717) is 5.89 Å². The van der Waals surface area contributed by atoms with Crippen molar-refractivity contribution in [3.05, 3.63) is 56.8 Å². The number of benzene rings is 1. The summed E-state index contributed by atoms with van der Waals surface area (Å²) in [6, 6.07) is 4.80. The Hall–Kier alpha value is -2.81. The number of aromatic nitrogens is 2. The van der Waals surface area contributed by atoms with Crippen molar-refractivity contribution in [1.29, 1.82) is 0 Å². The number of nitro benzene ring substituents is 1. The predicted octanol–water partition coefficient (Wildman–Crippen LogP) is 3.42. The molecule has 1 aromatic carbocycles. The maximum absolute atomic E-state index is 13.2. The summed E-state index contributed by atoms with van der Waals surface area (Å²) >= 11 is 1.49. The number of hydrogen-bond donors (Lipinski definition) is 0. The van der Waals surface area contributed by atoms with Gasteiger partial charge in [-0.1, -0.05) is 5.16 Å². The van der Waals surface area contributed by atoms with E-state index in [1.807, 2.05) is 16.8 Å². The molecule has 0 atom stereocenters. The first-order chi connectivity index (χ1) is 10.6. The van der Waals surface area contributed by atoms with Crippen molar-refractivity contribution < 1.29 is 18.6 Å². The maximum atomic E-state index is 13.2. The van der Waals surface area contributed by atoms with Crippen LogP contribution in [0.15, 0.2) is 39.5 Å². The highest BCUT2D eigenvalue weighted by atomic mass is 32.1. The van der Waals surface area contributed by atoms with Crippen LogP contribution >= 0.6 is 11.3 Å². The number of nitro groups is 1. The summed E-state index contributed by atoms with van der Waals surface area (Å²) in [7, 11) is 0. The third-order valence-electron chi connectivity index (χ3n) is 2.71. The summed E-state index contributed by atoms with van der Waals surface area (Å²) in [5, 5.41) is 18.3. The van der Waals surface area contributed by atoms with Crippen LogP contribution in [0.5, 0.6) is 5.75 Å². The average Bonchev–Trinajstić information content (AvgIpc) is 3.16. The van der Waals surface area contributed by atoms with Crippen molar-refractivity contribution in [2.24, 2.45) is 0 Å². The number of nitrogens with zero attached hydrogens (tertiary/aromatic N) is 3. The van der Waals surface area contributed by atoms with Crippen molar-refractivity contribution in [2.45, 2.75) is 6.61 Å². The van der Waals surface area contributed by atoms with Crippen LogP contribution in [0.25, 0.3) is 11.5 Å². The van der Waals surface area contributed by atoms with E-state index in [9.17, 15) is 14.5 Å². The van der Waals surface area contributed by atoms with Gasteiger partial charge in [0.25, 0.3) is 5.89 Å². The summed E-state index contributed by atoms with van der Waals surface area (Å²) in [5.74, 6) is -0.284. The zero-order valence-electron chi connectivity index (χ0n) is 10.9. The van der Waals surface area contributed by atoms with Crippen molar-refractivity contribution in [3.8, 4) is 17.2 Å². The lowest BCUT2D eigenvalue weighted by atomic mass is 10.3. The zero-order valence-corrected chi connectivity index (χ0v) is 11.7. The molecule has 112 valence electrons. The SMILES string of the molecule is O=[N+]([O-])c1ccc(F)cc1OCc1noc(-c2ccsc2)n1. The fourth-order valence-corrected chi connectivity index (χ4v) is 2.34. The maximum Gasteiger partial charge on any atom is 0.311 e. The van der Waals surface area contributed by atoms with Gasteiger partial charge in [0.15, 0.2) is 12.4 Å². The molecule has 9 heteroatoms. The van der Waals surface area contributed by atoms with Gasteiger partial charge < -0.3 is 9.26 Å². The second-order valence-corrected chi connectivity index (χ2v) is 4.97. The van der Waals surface area contributed by atoms with E-state index in [0.717, 1.165) is 23.8 Å². The summed E-state index contributed by atoms with van der Waals surface area (Å²) < 4.78 is 23.5. The van der Waals surface area contributed by atoms with E-state index in [1.165, 1.54) is 11.3 Å². The highest BCUT2D eigenvalue weighted by Gasteiger charge is 2.17. The molecule has 0 aliphatic heterocycles. The molecule has 0 aliphatic carbocycles. The minimum atomic E-state index is -0.651. The molecule has 3 aromatic rings. The van der Waals surface area contributed by atoms with Crippen LogP contribution in [0, 0.1) is 15.9 Å².